The van der Waals surface area contributed by atoms with Gasteiger partial charge in [-0.15, -0.1) is 0 Å². The van der Waals surface area contributed by atoms with Gasteiger partial charge in [0, 0.05) is 56.8 Å². The van der Waals surface area contributed by atoms with Gasteiger partial charge in [0.05, 0.1) is 6.61 Å². The maximum absolute atomic E-state index is 12.6. The molecule has 4 heterocycles. The van der Waals surface area contributed by atoms with Crippen molar-refractivity contribution >= 4 is 5.91 Å². The van der Waals surface area contributed by atoms with Crippen molar-refractivity contribution < 1.29 is 9.63 Å². The van der Waals surface area contributed by atoms with Crippen LogP contribution in [0.5, 0.6) is 0 Å². The number of pyridine rings is 1. The van der Waals surface area contributed by atoms with Crippen molar-refractivity contribution in [2.75, 3.05) is 32.8 Å². The van der Waals surface area contributed by atoms with Gasteiger partial charge in [0.25, 0.3) is 5.56 Å². The normalized spacial score (nSPS) is 26.9. The minimum Gasteiger partial charge on any atom is -0.342 e. The lowest BCUT2D eigenvalue weighted by Gasteiger charge is -2.43. The van der Waals surface area contributed by atoms with Gasteiger partial charge in [-0.05, 0) is 31.2 Å². The summed E-state index contributed by atoms with van der Waals surface area (Å²) in [5, 5.41) is 1.93. The zero-order valence-corrected chi connectivity index (χ0v) is 14.0. The first-order valence-electron chi connectivity index (χ1n) is 9.06. The van der Waals surface area contributed by atoms with E-state index in [4.69, 9.17) is 4.84 Å². The van der Waals surface area contributed by atoms with Crippen LogP contribution in [0.15, 0.2) is 23.0 Å². The first kappa shape index (κ1) is 15.8. The molecule has 0 aliphatic carbocycles. The van der Waals surface area contributed by atoms with E-state index in [0.29, 0.717) is 24.8 Å². The molecule has 4 rings (SSSR count). The summed E-state index contributed by atoms with van der Waals surface area (Å²) in [7, 11) is 0. The van der Waals surface area contributed by atoms with Crippen molar-refractivity contribution in [2.45, 2.75) is 38.1 Å². The Hall–Kier alpha value is -1.66. The van der Waals surface area contributed by atoms with E-state index in [9.17, 15) is 9.59 Å². The van der Waals surface area contributed by atoms with Gasteiger partial charge in [-0.25, -0.2) is 0 Å². The van der Waals surface area contributed by atoms with E-state index in [0.717, 1.165) is 57.7 Å². The first-order valence-corrected chi connectivity index (χ1v) is 9.06. The van der Waals surface area contributed by atoms with Crippen LogP contribution >= 0.6 is 0 Å². The topological polar surface area (TPSA) is 54.8 Å². The highest BCUT2D eigenvalue weighted by atomic mass is 16.7. The van der Waals surface area contributed by atoms with Crippen LogP contribution in [0.25, 0.3) is 0 Å². The molecule has 0 aromatic carbocycles. The maximum atomic E-state index is 12.6. The van der Waals surface area contributed by atoms with E-state index in [2.05, 4.69) is 0 Å². The van der Waals surface area contributed by atoms with E-state index in [-0.39, 0.29) is 11.5 Å². The molecule has 6 heteroatoms. The number of piperidine rings is 1. The molecule has 3 aliphatic rings. The molecule has 0 radical (unpaired) electrons. The molecule has 1 aromatic heterocycles. The van der Waals surface area contributed by atoms with Gasteiger partial charge in [0.2, 0.25) is 5.91 Å². The zero-order chi connectivity index (χ0) is 16.5. The van der Waals surface area contributed by atoms with Crippen molar-refractivity contribution in [3.8, 4) is 0 Å². The number of aromatic nitrogens is 1. The number of likely N-dealkylation sites (tertiary alicyclic amines) is 1. The van der Waals surface area contributed by atoms with Crippen LogP contribution in [0, 0.1) is 5.92 Å². The van der Waals surface area contributed by atoms with Crippen LogP contribution in [0.1, 0.15) is 37.3 Å². The molecule has 0 saturated carbocycles. The van der Waals surface area contributed by atoms with Crippen molar-refractivity contribution in [1.82, 2.24) is 14.5 Å². The molecule has 0 spiro atoms. The summed E-state index contributed by atoms with van der Waals surface area (Å²) in [6, 6.07) is 5.51. The molecule has 6 nitrogen and oxygen atoms in total. The summed E-state index contributed by atoms with van der Waals surface area (Å²) >= 11 is 0. The van der Waals surface area contributed by atoms with Gasteiger partial charge in [-0.2, -0.15) is 5.06 Å². The van der Waals surface area contributed by atoms with Crippen LogP contribution in [0.4, 0.5) is 0 Å². The minimum absolute atomic E-state index is 0.0872. The lowest BCUT2D eigenvalue weighted by molar-refractivity contribution is -0.183. The number of hydroxylamine groups is 2. The molecule has 130 valence electrons. The Balaban J connectivity index is 1.40. The lowest BCUT2D eigenvalue weighted by Crippen LogP contribution is -2.49. The molecule has 1 aromatic rings. The molecule has 2 bridgehead atoms. The highest BCUT2D eigenvalue weighted by Crippen LogP contribution is 2.35. The van der Waals surface area contributed by atoms with Crippen LogP contribution in [-0.2, 0) is 16.2 Å². The Bertz CT molecular complexity index is 666. The standard InChI is InChI=1S/C18H25N3O3/c22-17(6-8-20-7-1-2-9-24-20)19-11-14-10-15(13-19)16-4-3-5-18(23)21(16)12-14/h3-5,14-15H,1-2,6-13H2. The zero-order valence-electron chi connectivity index (χ0n) is 14.0. The Kier molecular flexibility index (Phi) is 4.41. The fraction of sp³-hybridized carbons (Fsp3) is 0.667. The molecule has 3 aliphatic heterocycles. The van der Waals surface area contributed by atoms with Crippen LogP contribution in [0.2, 0.25) is 0 Å². The van der Waals surface area contributed by atoms with Crippen LogP contribution in [-0.4, -0.2) is 53.2 Å². The third-order valence-electron chi connectivity index (χ3n) is 5.48. The van der Waals surface area contributed by atoms with Crippen molar-refractivity contribution in [3.05, 3.63) is 34.2 Å². The summed E-state index contributed by atoms with van der Waals surface area (Å²) < 4.78 is 1.90. The molecule has 24 heavy (non-hydrogen) atoms. The monoisotopic (exact) mass is 331 g/mol. The molecular formula is C18H25N3O3. The smallest absolute Gasteiger partial charge is 0.250 e. The van der Waals surface area contributed by atoms with Gasteiger partial charge in [-0.3, -0.25) is 14.4 Å². The number of hydrogen-bond donors (Lipinski definition) is 0. The number of hydrogen-bond acceptors (Lipinski definition) is 4. The fourth-order valence-electron chi connectivity index (χ4n) is 4.30. The largest absolute Gasteiger partial charge is 0.342 e. The second kappa shape index (κ2) is 6.69. The predicted molar refractivity (Wildman–Crippen MR) is 89.5 cm³/mol. The predicted octanol–water partition coefficient (Wildman–Crippen LogP) is 1.21. The van der Waals surface area contributed by atoms with E-state index < -0.39 is 0 Å². The summed E-state index contributed by atoms with van der Waals surface area (Å²) in [6.45, 7) is 4.63. The third kappa shape index (κ3) is 3.13. The van der Waals surface area contributed by atoms with Crippen molar-refractivity contribution in [2.24, 2.45) is 5.92 Å². The van der Waals surface area contributed by atoms with Gasteiger partial charge >= 0.3 is 0 Å². The van der Waals surface area contributed by atoms with Crippen molar-refractivity contribution in [1.29, 1.82) is 0 Å². The van der Waals surface area contributed by atoms with E-state index in [1.165, 1.54) is 0 Å². The first-order chi connectivity index (χ1) is 11.7. The van der Waals surface area contributed by atoms with E-state index >= 15 is 0 Å². The fourth-order valence-corrected chi connectivity index (χ4v) is 4.30. The van der Waals surface area contributed by atoms with Gasteiger partial charge in [0.15, 0.2) is 0 Å². The third-order valence-corrected chi connectivity index (χ3v) is 5.48. The number of carbonyl (C=O) groups is 1. The van der Waals surface area contributed by atoms with Gasteiger partial charge in [0.1, 0.15) is 0 Å². The number of rotatable bonds is 3. The number of amides is 1. The van der Waals surface area contributed by atoms with E-state index in [1.54, 1.807) is 6.07 Å². The summed E-state index contributed by atoms with van der Waals surface area (Å²) in [5.74, 6) is 0.902. The van der Waals surface area contributed by atoms with E-state index in [1.807, 2.05) is 26.7 Å². The molecule has 2 saturated heterocycles. The minimum atomic E-state index is 0.0872. The molecule has 2 unspecified atom stereocenters. The highest BCUT2D eigenvalue weighted by Gasteiger charge is 2.36. The van der Waals surface area contributed by atoms with Crippen LogP contribution in [0.3, 0.4) is 0 Å². The molecule has 2 fully saturated rings. The summed E-state index contributed by atoms with van der Waals surface area (Å²) in [4.78, 5) is 32.3. The second-order valence-corrected chi connectivity index (χ2v) is 7.22. The highest BCUT2D eigenvalue weighted by molar-refractivity contribution is 5.76. The average molecular weight is 331 g/mol. The number of fused-ring (bicyclic) bond motifs is 4. The molecule has 0 N–H and O–H groups in total. The summed E-state index contributed by atoms with van der Waals surface area (Å²) in [5.41, 5.74) is 1.18. The summed E-state index contributed by atoms with van der Waals surface area (Å²) in [6.07, 6.45) is 3.86. The van der Waals surface area contributed by atoms with Gasteiger partial charge < -0.3 is 9.47 Å². The molecule has 1 amide bonds. The quantitative estimate of drug-likeness (QED) is 0.835. The van der Waals surface area contributed by atoms with Crippen molar-refractivity contribution in [3.63, 3.8) is 0 Å². The maximum Gasteiger partial charge on any atom is 0.250 e. The Labute approximate surface area is 141 Å². The molecule has 2 atom stereocenters. The SMILES string of the molecule is O=C(CCN1CCCCO1)N1CC2CC(C1)c1cccc(=O)n1C2. The molecular weight excluding hydrogens is 306 g/mol. The Morgan fingerprint density at radius 3 is 2.96 bits per heavy atom. The second-order valence-electron chi connectivity index (χ2n) is 7.22. The Morgan fingerprint density at radius 2 is 2.12 bits per heavy atom. The lowest BCUT2D eigenvalue weighted by atomic mass is 9.83. The number of nitrogens with zero attached hydrogens (tertiary/aromatic N) is 3. The van der Waals surface area contributed by atoms with Gasteiger partial charge in [-0.1, -0.05) is 6.07 Å². The average Bonchev–Trinajstić information content (AvgIpc) is 2.61. The number of carbonyl (C=O) groups excluding carboxylic acids is 1. The Morgan fingerprint density at radius 1 is 1.21 bits per heavy atom. The van der Waals surface area contributed by atoms with Crippen LogP contribution < -0.4 is 5.56 Å².